The molecule has 16 heavy (non-hydrogen) atoms. The Kier molecular flexibility index (Phi) is 3.51. The standard InChI is InChI=1S/C12H14N2S2/c1-3-4-10-11(13-7-14-12(10)15)9-5-6-16-8(9)2/h5-7H,3-4H2,1-2H3,(H,13,14,15). The van der Waals surface area contributed by atoms with Crippen LogP contribution >= 0.6 is 23.6 Å². The van der Waals surface area contributed by atoms with Gasteiger partial charge in [-0.3, -0.25) is 0 Å². The summed E-state index contributed by atoms with van der Waals surface area (Å²) in [6, 6.07) is 2.14. The van der Waals surface area contributed by atoms with Crippen molar-refractivity contribution in [2.45, 2.75) is 26.7 Å². The molecule has 0 aliphatic rings. The van der Waals surface area contributed by atoms with Crippen LogP contribution in [-0.2, 0) is 6.42 Å². The molecule has 0 saturated heterocycles. The molecule has 2 heterocycles. The molecule has 0 aliphatic heterocycles. The Morgan fingerprint density at radius 1 is 1.50 bits per heavy atom. The summed E-state index contributed by atoms with van der Waals surface area (Å²) in [5.74, 6) is 0. The van der Waals surface area contributed by atoms with Crippen molar-refractivity contribution in [3.8, 4) is 11.3 Å². The van der Waals surface area contributed by atoms with Gasteiger partial charge in [0.2, 0.25) is 0 Å². The number of hydrogen-bond acceptors (Lipinski definition) is 3. The Morgan fingerprint density at radius 2 is 2.31 bits per heavy atom. The van der Waals surface area contributed by atoms with Crippen molar-refractivity contribution in [2.75, 3.05) is 0 Å². The Hall–Kier alpha value is -1.00. The number of nitrogens with zero attached hydrogens (tertiary/aromatic N) is 1. The number of aromatic nitrogens is 2. The zero-order valence-electron chi connectivity index (χ0n) is 9.41. The lowest BCUT2D eigenvalue weighted by atomic mass is 10.1. The van der Waals surface area contributed by atoms with Crippen molar-refractivity contribution >= 4 is 23.6 Å². The van der Waals surface area contributed by atoms with Gasteiger partial charge in [0.1, 0.15) is 4.64 Å². The molecular weight excluding hydrogens is 236 g/mol. The van der Waals surface area contributed by atoms with Gasteiger partial charge in [-0.25, -0.2) is 4.98 Å². The summed E-state index contributed by atoms with van der Waals surface area (Å²) in [5, 5.41) is 2.11. The largest absolute Gasteiger partial charge is 0.345 e. The lowest BCUT2D eigenvalue weighted by Crippen LogP contribution is -1.96. The zero-order chi connectivity index (χ0) is 11.5. The van der Waals surface area contributed by atoms with Gasteiger partial charge in [-0.2, -0.15) is 0 Å². The second-order valence-electron chi connectivity index (χ2n) is 3.70. The zero-order valence-corrected chi connectivity index (χ0v) is 11.0. The van der Waals surface area contributed by atoms with E-state index in [0.29, 0.717) is 0 Å². The third-order valence-electron chi connectivity index (χ3n) is 2.58. The molecule has 0 fully saturated rings. The molecule has 0 bridgehead atoms. The first-order valence-corrected chi connectivity index (χ1v) is 6.64. The van der Waals surface area contributed by atoms with Gasteiger partial charge in [0, 0.05) is 16.0 Å². The van der Waals surface area contributed by atoms with Gasteiger partial charge >= 0.3 is 0 Å². The monoisotopic (exact) mass is 250 g/mol. The van der Waals surface area contributed by atoms with Crippen molar-refractivity contribution in [1.29, 1.82) is 0 Å². The smallest absolute Gasteiger partial charge is 0.133 e. The van der Waals surface area contributed by atoms with Crippen LogP contribution in [0.1, 0.15) is 23.8 Å². The summed E-state index contributed by atoms with van der Waals surface area (Å²) in [6.45, 7) is 4.29. The van der Waals surface area contributed by atoms with Gasteiger partial charge in [0.05, 0.1) is 12.0 Å². The Morgan fingerprint density at radius 3 is 2.94 bits per heavy atom. The Labute approximate surface area is 104 Å². The van der Waals surface area contributed by atoms with Crippen molar-refractivity contribution in [1.82, 2.24) is 9.97 Å². The lowest BCUT2D eigenvalue weighted by Gasteiger charge is -2.07. The van der Waals surface area contributed by atoms with Crippen LogP contribution in [0.2, 0.25) is 0 Å². The minimum absolute atomic E-state index is 0.723. The molecule has 84 valence electrons. The molecule has 0 radical (unpaired) electrons. The van der Waals surface area contributed by atoms with E-state index in [1.807, 2.05) is 0 Å². The van der Waals surface area contributed by atoms with Gasteiger partial charge in [-0.1, -0.05) is 25.6 Å². The first-order valence-electron chi connectivity index (χ1n) is 5.35. The molecular formula is C12H14N2S2. The van der Waals surface area contributed by atoms with Gasteiger partial charge in [0.25, 0.3) is 0 Å². The van der Waals surface area contributed by atoms with E-state index in [2.05, 4.69) is 35.3 Å². The maximum Gasteiger partial charge on any atom is 0.133 e. The third kappa shape index (κ3) is 2.08. The minimum Gasteiger partial charge on any atom is -0.345 e. The van der Waals surface area contributed by atoms with E-state index in [9.17, 15) is 0 Å². The van der Waals surface area contributed by atoms with E-state index in [-0.39, 0.29) is 0 Å². The maximum atomic E-state index is 5.29. The van der Waals surface area contributed by atoms with Crippen LogP contribution in [0.3, 0.4) is 0 Å². The fourth-order valence-electron chi connectivity index (χ4n) is 1.79. The predicted octanol–water partition coefficient (Wildman–Crippen LogP) is 4.13. The molecule has 2 nitrogen and oxygen atoms in total. The number of H-pyrrole nitrogens is 1. The van der Waals surface area contributed by atoms with Crippen molar-refractivity contribution < 1.29 is 0 Å². The van der Waals surface area contributed by atoms with E-state index >= 15 is 0 Å². The quantitative estimate of drug-likeness (QED) is 0.830. The van der Waals surface area contributed by atoms with Crippen LogP contribution in [0.15, 0.2) is 17.8 Å². The first-order chi connectivity index (χ1) is 7.74. The Balaban J connectivity index is 2.61. The number of aryl methyl sites for hydroxylation is 1. The van der Waals surface area contributed by atoms with E-state index in [4.69, 9.17) is 12.2 Å². The SMILES string of the molecule is CCCc1c(-c2ccsc2C)[nH]cnc1=S. The van der Waals surface area contributed by atoms with Gasteiger partial charge in [-0.15, -0.1) is 11.3 Å². The number of thiophene rings is 1. The topological polar surface area (TPSA) is 28.7 Å². The summed E-state index contributed by atoms with van der Waals surface area (Å²) in [6.07, 6.45) is 3.75. The van der Waals surface area contributed by atoms with Crippen LogP contribution in [0.4, 0.5) is 0 Å². The highest BCUT2D eigenvalue weighted by Crippen LogP contribution is 2.29. The van der Waals surface area contributed by atoms with Crippen molar-refractivity contribution in [2.24, 2.45) is 0 Å². The number of rotatable bonds is 3. The molecule has 2 rings (SSSR count). The van der Waals surface area contributed by atoms with Gasteiger partial charge < -0.3 is 4.98 Å². The van der Waals surface area contributed by atoms with Crippen LogP contribution in [0, 0.1) is 11.6 Å². The summed E-state index contributed by atoms with van der Waals surface area (Å²) in [5.41, 5.74) is 3.56. The Bertz CT molecular complexity index is 540. The highest BCUT2D eigenvalue weighted by Gasteiger charge is 2.10. The number of nitrogens with one attached hydrogen (secondary N) is 1. The van der Waals surface area contributed by atoms with E-state index < -0.39 is 0 Å². The van der Waals surface area contributed by atoms with Crippen molar-refractivity contribution in [3.63, 3.8) is 0 Å². The van der Waals surface area contributed by atoms with Crippen LogP contribution < -0.4 is 0 Å². The average Bonchev–Trinajstić information content (AvgIpc) is 2.68. The molecule has 0 aromatic carbocycles. The van der Waals surface area contributed by atoms with Gasteiger partial charge in [0.15, 0.2) is 0 Å². The molecule has 1 N–H and O–H groups in total. The van der Waals surface area contributed by atoms with E-state index in [1.165, 1.54) is 16.0 Å². The molecule has 4 heteroatoms. The summed E-state index contributed by atoms with van der Waals surface area (Å²) in [7, 11) is 0. The maximum absolute atomic E-state index is 5.29. The second kappa shape index (κ2) is 4.89. The molecule has 0 spiro atoms. The fourth-order valence-corrected chi connectivity index (χ4v) is 2.76. The van der Waals surface area contributed by atoms with E-state index in [0.717, 1.165) is 23.2 Å². The molecule has 0 saturated carbocycles. The lowest BCUT2D eigenvalue weighted by molar-refractivity contribution is 0.898. The van der Waals surface area contributed by atoms with E-state index in [1.54, 1.807) is 17.7 Å². The van der Waals surface area contributed by atoms with Crippen LogP contribution in [0.25, 0.3) is 11.3 Å². The number of aromatic amines is 1. The minimum atomic E-state index is 0.723. The summed E-state index contributed by atoms with van der Waals surface area (Å²) < 4.78 is 0.723. The normalized spacial score (nSPS) is 10.6. The molecule has 0 amide bonds. The highest BCUT2D eigenvalue weighted by atomic mass is 32.1. The third-order valence-corrected chi connectivity index (χ3v) is 3.78. The molecule has 0 atom stereocenters. The molecule has 2 aromatic rings. The van der Waals surface area contributed by atoms with Crippen LogP contribution in [0.5, 0.6) is 0 Å². The van der Waals surface area contributed by atoms with Crippen molar-refractivity contribution in [3.05, 3.63) is 32.9 Å². The molecule has 2 aromatic heterocycles. The summed E-state index contributed by atoms with van der Waals surface area (Å²) >= 11 is 7.05. The number of hydrogen-bond donors (Lipinski definition) is 1. The van der Waals surface area contributed by atoms with Crippen LogP contribution in [-0.4, -0.2) is 9.97 Å². The fraction of sp³-hybridized carbons (Fsp3) is 0.333. The predicted molar refractivity (Wildman–Crippen MR) is 71.5 cm³/mol. The molecule has 0 unspecified atom stereocenters. The second-order valence-corrected chi connectivity index (χ2v) is 5.21. The summed E-state index contributed by atoms with van der Waals surface area (Å²) in [4.78, 5) is 8.71. The molecule has 0 aliphatic carbocycles. The van der Waals surface area contributed by atoms with Gasteiger partial charge in [-0.05, 0) is 24.8 Å². The highest BCUT2D eigenvalue weighted by molar-refractivity contribution is 7.71. The average molecular weight is 250 g/mol. The first kappa shape index (κ1) is 11.5.